The number of carbonyl (C=O) groups is 1. The monoisotopic (exact) mass is 339 g/mol. The molecule has 1 aromatic carbocycles. The van der Waals surface area contributed by atoms with Gasteiger partial charge in [-0.1, -0.05) is 15.9 Å². The van der Waals surface area contributed by atoms with Crippen LogP contribution in [0.4, 0.5) is 5.82 Å². The number of benzene rings is 1. The van der Waals surface area contributed by atoms with Crippen LogP contribution in [0.3, 0.4) is 0 Å². The van der Waals surface area contributed by atoms with Gasteiger partial charge < -0.3 is 10.5 Å². The minimum Gasteiger partial charge on any atom is -0.496 e. The molecule has 0 atom stereocenters. The Kier molecular flexibility index (Phi) is 4.31. The number of hydrogen-bond acceptors (Lipinski definition) is 7. The number of nitrogen functional groups attached to an aromatic ring is 1. The molecule has 1 amide bonds. The average Bonchev–Trinajstić information content (AvgIpc) is 2.85. The lowest BCUT2D eigenvalue weighted by Gasteiger charge is -2.04. The molecule has 0 aliphatic heterocycles. The number of nitrogens with one attached hydrogen (secondary N) is 1. The fourth-order valence-electron chi connectivity index (χ4n) is 1.37. The first-order valence-corrected chi connectivity index (χ1v) is 6.16. The highest BCUT2D eigenvalue weighted by Gasteiger charge is 2.14. The Bertz CT molecular complexity index is 655. The minimum absolute atomic E-state index is 0.0993. The van der Waals surface area contributed by atoms with Gasteiger partial charge in [0.05, 0.1) is 13.3 Å². The molecule has 0 radical (unpaired) electrons. The average molecular weight is 340 g/mol. The van der Waals surface area contributed by atoms with Crippen LogP contribution in [0.5, 0.6) is 5.75 Å². The molecule has 2 rings (SSSR count). The number of hydrogen-bond donors (Lipinski definition) is 2. The summed E-state index contributed by atoms with van der Waals surface area (Å²) in [4.78, 5) is 11.6. The molecular formula is C11H10BrN5O3. The van der Waals surface area contributed by atoms with Crippen LogP contribution in [0.15, 0.2) is 32.4 Å². The molecule has 0 bridgehead atoms. The van der Waals surface area contributed by atoms with Crippen LogP contribution in [0, 0.1) is 0 Å². The number of carbonyl (C=O) groups excluding carboxylic acids is 1. The Morgan fingerprint density at radius 1 is 1.55 bits per heavy atom. The van der Waals surface area contributed by atoms with Crippen molar-refractivity contribution in [1.29, 1.82) is 0 Å². The molecule has 9 heteroatoms. The van der Waals surface area contributed by atoms with Gasteiger partial charge in [0, 0.05) is 10.0 Å². The summed E-state index contributed by atoms with van der Waals surface area (Å²) in [7, 11) is 1.54. The van der Waals surface area contributed by atoms with Crippen molar-refractivity contribution in [2.75, 3.05) is 12.8 Å². The van der Waals surface area contributed by atoms with Crippen LogP contribution in [-0.2, 0) is 0 Å². The second kappa shape index (κ2) is 6.15. The maximum absolute atomic E-state index is 11.6. The summed E-state index contributed by atoms with van der Waals surface area (Å²) in [5, 5.41) is 10.5. The third-order valence-electron chi connectivity index (χ3n) is 2.29. The summed E-state index contributed by atoms with van der Waals surface area (Å²) in [6, 6.07) is 5.39. The molecule has 0 saturated heterocycles. The van der Waals surface area contributed by atoms with Gasteiger partial charge in [-0.25, -0.2) is 10.1 Å². The molecule has 0 unspecified atom stereocenters. The molecule has 0 spiro atoms. The summed E-state index contributed by atoms with van der Waals surface area (Å²) >= 11 is 3.34. The molecule has 0 saturated carbocycles. The molecule has 20 heavy (non-hydrogen) atoms. The van der Waals surface area contributed by atoms with Gasteiger partial charge in [0.15, 0.2) is 0 Å². The lowest BCUT2D eigenvalue weighted by atomic mass is 10.2. The normalized spacial score (nSPS) is 10.7. The maximum Gasteiger partial charge on any atom is 0.297 e. The number of nitrogens with two attached hydrogens (primary N) is 1. The molecule has 0 fully saturated rings. The molecule has 2 aromatic rings. The zero-order chi connectivity index (χ0) is 14.5. The Morgan fingerprint density at radius 3 is 3.00 bits per heavy atom. The third-order valence-corrected chi connectivity index (χ3v) is 2.78. The van der Waals surface area contributed by atoms with E-state index in [1.165, 1.54) is 6.21 Å². The van der Waals surface area contributed by atoms with E-state index >= 15 is 0 Å². The van der Waals surface area contributed by atoms with Gasteiger partial charge in [-0.15, -0.1) is 0 Å². The lowest BCUT2D eigenvalue weighted by molar-refractivity contribution is 0.0946. The second-order valence-corrected chi connectivity index (χ2v) is 4.50. The van der Waals surface area contributed by atoms with E-state index in [9.17, 15) is 4.79 Å². The van der Waals surface area contributed by atoms with Crippen molar-refractivity contribution in [1.82, 2.24) is 15.7 Å². The van der Waals surface area contributed by atoms with E-state index in [0.29, 0.717) is 11.3 Å². The van der Waals surface area contributed by atoms with E-state index in [1.807, 2.05) is 6.07 Å². The molecule has 0 aliphatic carbocycles. The van der Waals surface area contributed by atoms with Crippen LogP contribution in [0.2, 0.25) is 0 Å². The number of methoxy groups -OCH3 is 1. The van der Waals surface area contributed by atoms with Crippen LogP contribution in [-0.4, -0.2) is 29.5 Å². The van der Waals surface area contributed by atoms with Gasteiger partial charge in [-0.05, 0) is 28.5 Å². The van der Waals surface area contributed by atoms with E-state index in [0.717, 1.165) is 4.47 Å². The van der Waals surface area contributed by atoms with Crippen molar-refractivity contribution in [2.24, 2.45) is 5.10 Å². The van der Waals surface area contributed by atoms with Gasteiger partial charge in [0.1, 0.15) is 5.75 Å². The summed E-state index contributed by atoms with van der Waals surface area (Å²) in [6.45, 7) is 0. The van der Waals surface area contributed by atoms with Crippen molar-refractivity contribution in [3.8, 4) is 5.75 Å². The summed E-state index contributed by atoms with van der Waals surface area (Å²) < 4.78 is 10.3. The maximum atomic E-state index is 11.6. The van der Waals surface area contributed by atoms with Crippen LogP contribution in [0.25, 0.3) is 0 Å². The van der Waals surface area contributed by atoms with Gasteiger partial charge in [0.2, 0.25) is 11.5 Å². The zero-order valence-corrected chi connectivity index (χ0v) is 11.9. The number of aromatic nitrogens is 2. The van der Waals surface area contributed by atoms with E-state index < -0.39 is 5.91 Å². The fourth-order valence-corrected chi connectivity index (χ4v) is 1.75. The van der Waals surface area contributed by atoms with E-state index in [1.54, 1.807) is 19.2 Å². The molecular weight excluding hydrogens is 330 g/mol. The van der Waals surface area contributed by atoms with Gasteiger partial charge in [0.25, 0.3) is 5.91 Å². The number of anilines is 1. The Balaban J connectivity index is 2.09. The Morgan fingerprint density at radius 2 is 2.35 bits per heavy atom. The number of rotatable bonds is 4. The topological polar surface area (TPSA) is 116 Å². The molecule has 104 valence electrons. The minimum atomic E-state index is -0.617. The van der Waals surface area contributed by atoms with Gasteiger partial charge >= 0.3 is 0 Å². The van der Waals surface area contributed by atoms with E-state index in [4.69, 9.17) is 10.5 Å². The van der Waals surface area contributed by atoms with Crippen molar-refractivity contribution in [3.63, 3.8) is 0 Å². The molecule has 8 nitrogen and oxygen atoms in total. The first kappa shape index (κ1) is 14.0. The first-order chi connectivity index (χ1) is 9.61. The second-order valence-electron chi connectivity index (χ2n) is 3.58. The summed E-state index contributed by atoms with van der Waals surface area (Å²) in [5.41, 5.74) is 8.21. The van der Waals surface area contributed by atoms with Crippen LogP contribution >= 0.6 is 15.9 Å². The molecule has 0 aliphatic rings. The van der Waals surface area contributed by atoms with Gasteiger partial charge in [-0.2, -0.15) is 5.10 Å². The standard InChI is InChI=1S/C11H10BrN5O3/c1-19-8-3-2-7(12)4-6(8)5-14-15-11(18)9-10(13)17-20-16-9/h2-5H,1H3,(H2,13,17)(H,15,18)/b14-5-. The lowest BCUT2D eigenvalue weighted by Crippen LogP contribution is -2.19. The Hall–Kier alpha value is -2.42. The Labute approximate surface area is 122 Å². The largest absolute Gasteiger partial charge is 0.496 e. The number of halogens is 1. The SMILES string of the molecule is COc1ccc(Br)cc1/C=N\NC(=O)c1nonc1N. The smallest absolute Gasteiger partial charge is 0.297 e. The highest BCUT2D eigenvalue weighted by atomic mass is 79.9. The predicted octanol–water partition coefficient (Wildman–Crippen LogP) is 1.19. The van der Waals surface area contributed by atoms with Crippen molar-refractivity contribution >= 4 is 33.9 Å². The molecule has 3 N–H and O–H groups in total. The summed E-state index contributed by atoms with van der Waals surface area (Å²) in [5.74, 6) is -0.0967. The number of nitrogens with zero attached hydrogens (tertiary/aromatic N) is 3. The van der Waals surface area contributed by atoms with Crippen LogP contribution in [0.1, 0.15) is 16.1 Å². The highest BCUT2D eigenvalue weighted by molar-refractivity contribution is 9.10. The highest BCUT2D eigenvalue weighted by Crippen LogP contribution is 2.21. The van der Waals surface area contributed by atoms with Crippen molar-refractivity contribution in [3.05, 3.63) is 33.9 Å². The van der Waals surface area contributed by atoms with Gasteiger partial charge in [-0.3, -0.25) is 4.79 Å². The fraction of sp³-hybridized carbons (Fsp3) is 0.0909. The number of ether oxygens (including phenoxy) is 1. The van der Waals surface area contributed by atoms with E-state index in [2.05, 4.69) is 41.4 Å². The van der Waals surface area contributed by atoms with Crippen molar-refractivity contribution < 1.29 is 14.2 Å². The summed E-state index contributed by atoms with van der Waals surface area (Å²) in [6.07, 6.45) is 1.44. The number of hydrazone groups is 1. The first-order valence-electron chi connectivity index (χ1n) is 5.37. The predicted molar refractivity (Wildman–Crippen MR) is 74.5 cm³/mol. The van der Waals surface area contributed by atoms with Crippen LogP contribution < -0.4 is 15.9 Å². The van der Waals surface area contributed by atoms with E-state index in [-0.39, 0.29) is 11.5 Å². The zero-order valence-electron chi connectivity index (χ0n) is 10.3. The third kappa shape index (κ3) is 3.12. The quantitative estimate of drug-likeness (QED) is 0.638. The number of amides is 1. The molecule has 1 heterocycles. The molecule has 1 aromatic heterocycles. The van der Waals surface area contributed by atoms with Crippen molar-refractivity contribution in [2.45, 2.75) is 0 Å².